The van der Waals surface area contributed by atoms with Crippen molar-refractivity contribution in [3.63, 3.8) is 0 Å². The molecule has 4 unspecified atom stereocenters. The molecule has 0 aromatic carbocycles. The first-order chi connectivity index (χ1) is 5.66. The molecule has 0 N–H and O–H groups in total. The average molecular weight is 164 g/mol. The molecule has 3 saturated carbocycles. The minimum atomic E-state index is 0.691. The fourth-order valence-electron chi connectivity index (χ4n) is 4.53. The molecular weight excluding hydrogens is 144 g/mol. The minimum Gasteiger partial charge on any atom is -0.0599 e. The van der Waals surface area contributed by atoms with Crippen molar-refractivity contribution in [1.29, 1.82) is 0 Å². The van der Waals surface area contributed by atoms with Crippen LogP contribution in [0.2, 0.25) is 0 Å². The van der Waals surface area contributed by atoms with Gasteiger partial charge < -0.3 is 0 Å². The SMILES string of the molecule is CC1(C)CC2C3CCC(C3)C2C1. The highest BCUT2D eigenvalue weighted by Crippen LogP contribution is 2.62. The van der Waals surface area contributed by atoms with Crippen LogP contribution in [0.3, 0.4) is 0 Å². The summed E-state index contributed by atoms with van der Waals surface area (Å²) >= 11 is 0. The van der Waals surface area contributed by atoms with Crippen LogP contribution >= 0.6 is 0 Å². The highest BCUT2D eigenvalue weighted by molar-refractivity contribution is 5.03. The topological polar surface area (TPSA) is 0 Å². The van der Waals surface area contributed by atoms with Gasteiger partial charge >= 0.3 is 0 Å². The van der Waals surface area contributed by atoms with Crippen LogP contribution in [0.4, 0.5) is 0 Å². The summed E-state index contributed by atoms with van der Waals surface area (Å²) in [4.78, 5) is 0. The van der Waals surface area contributed by atoms with Crippen LogP contribution in [0.5, 0.6) is 0 Å². The van der Waals surface area contributed by atoms with Crippen molar-refractivity contribution < 1.29 is 0 Å². The summed E-state index contributed by atoms with van der Waals surface area (Å²) in [5.74, 6) is 4.61. The van der Waals surface area contributed by atoms with Gasteiger partial charge in [0, 0.05) is 0 Å². The summed E-state index contributed by atoms with van der Waals surface area (Å²) in [6, 6.07) is 0. The fraction of sp³-hybridized carbons (Fsp3) is 1.00. The van der Waals surface area contributed by atoms with Gasteiger partial charge in [0.05, 0.1) is 0 Å². The quantitative estimate of drug-likeness (QED) is 0.514. The molecule has 3 fully saturated rings. The van der Waals surface area contributed by atoms with Crippen LogP contribution in [0.25, 0.3) is 0 Å². The molecule has 0 nitrogen and oxygen atoms in total. The maximum atomic E-state index is 2.48. The number of hydrogen-bond donors (Lipinski definition) is 0. The highest BCUT2D eigenvalue weighted by atomic mass is 14.6. The van der Waals surface area contributed by atoms with Gasteiger partial charge in [-0.3, -0.25) is 0 Å². The lowest BCUT2D eigenvalue weighted by molar-refractivity contribution is 0.259. The zero-order chi connectivity index (χ0) is 8.34. The molecule has 68 valence electrons. The van der Waals surface area contributed by atoms with Gasteiger partial charge in [-0.25, -0.2) is 0 Å². The average Bonchev–Trinajstić information content (AvgIpc) is 2.54. The molecule has 0 saturated heterocycles. The third-order valence-corrected chi connectivity index (χ3v) is 4.85. The summed E-state index contributed by atoms with van der Waals surface area (Å²) < 4.78 is 0. The van der Waals surface area contributed by atoms with Gasteiger partial charge in [0.2, 0.25) is 0 Å². The second kappa shape index (κ2) is 2.08. The smallest absolute Gasteiger partial charge is 0.0349 e. The maximum Gasteiger partial charge on any atom is -0.0349 e. The van der Waals surface area contributed by atoms with Crippen LogP contribution in [0.1, 0.15) is 46.0 Å². The Labute approximate surface area is 75.7 Å². The van der Waals surface area contributed by atoms with E-state index >= 15 is 0 Å². The zero-order valence-corrected chi connectivity index (χ0v) is 8.34. The Kier molecular flexibility index (Phi) is 1.28. The molecule has 12 heavy (non-hydrogen) atoms. The van der Waals surface area contributed by atoms with Gasteiger partial charge in [-0.1, -0.05) is 13.8 Å². The van der Waals surface area contributed by atoms with Crippen molar-refractivity contribution >= 4 is 0 Å². The molecule has 4 atom stereocenters. The van der Waals surface area contributed by atoms with Crippen molar-refractivity contribution in [2.75, 3.05) is 0 Å². The van der Waals surface area contributed by atoms with Crippen LogP contribution < -0.4 is 0 Å². The number of rotatable bonds is 0. The maximum absolute atomic E-state index is 2.48. The molecule has 0 spiro atoms. The molecule has 0 aromatic rings. The largest absolute Gasteiger partial charge is 0.0599 e. The van der Waals surface area contributed by atoms with E-state index in [4.69, 9.17) is 0 Å². The molecule has 3 aliphatic rings. The molecule has 2 bridgehead atoms. The van der Waals surface area contributed by atoms with Gasteiger partial charge in [-0.05, 0) is 61.2 Å². The van der Waals surface area contributed by atoms with Crippen LogP contribution in [0, 0.1) is 29.1 Å². The molecule has 3 aliphatic carbocycles. The van der Waals surface area contributed by atoms with E-state index in [1.807, 2.05) is 0 Å². The first kappa shape index (κ1) is 7.41. The standard InChI is InChI=1S/C12H20/c1-12(2)6-10-8-3-4-9(5-8)11(10)7-12/h8-11H,3-7H2,1-2H3. The Morgan fingerprint density at radius 2 is 1.42 bits per heavy atom. The number of hydrogen-bond acceptors (Lipinski definition) is 0. The van der Waals surface area contributed by atoms with Crippen molar-refractivity contribution in [3.05, 3.63) is 0 Å². The first-order valence-corrected chi connectivity index (χ1v) is 5.66. The van der Waals surface area contributed by atoms with E-state index in [-0.39, 0.29) is 0 Å². The van der Waals surface area contributed by atoms with Crippen LogP contribution in [0.15, 0.2) is 0 Å². The predicted molar refractivity (Wildman–Crippen MR) is 50.8 cm³/mol. The lowest BCUT2D eigenvalue weighted by Gasteiger charge is -2.23. The van der Waals surface area contributed by atoms with Crippen molar-refractivity contribution in [3.8, 4) is 0 Å². The number of fused-ring (bicyclic) bond motifs is 5. The summed E-state index contributed by atoms with van der Waals surface area (Å²) in [5.41, 5.74) is 0.691. The van der Waals surface area contributed by atoms with E-state index in [1.54, 1.807) is 32.1 Å². The van der Waals surface area contributed by atoms with Crippen molar-refractivity contribution in [2.24, 2.45) is 29.1 Å². The van der Waals surface area contributed by atoms with Gasteiger partial charge in [0.1, 0.15) is 0 Å². The Bertz CT molecular complexity index is 184. The van der Waals surface area contributed by atoms with E-state index in [2.05, 4.69) is 13.8 Å². The Morgan fingerprint density at radius 1 is 0.917 bits per heavy atom. The molecule has 0 aromatic heterocycles. The third-order valence-electron chi connectivity index (χ3n) is 4.85. The second-order valence-corrected chi connectivity index (χ2v) is 6.23. The monoisotopic (exact) mass is 164 g/mol. The second-order valence-electron chi connectivity index (χ2n) is 6.23. The van der Waals surface area contributed by atoms with Crippen LogP contribution in [-0.2, 0) is 0 Å². The summed E-state index contributed by atoms with van der Waals surface area (Å²) in [5, 5.41) is 0. The van der Waals surface area contributed by atoms with Gasteiger partial charge in [0.25, 0.3) is 0 Å². The minimum absolute atomic E-state index is 0.691. The molecule has 0 radical (unpaired) electrons. The van der Waals surface area contributed by atoms with Gasteiger partial charge in [0.15, 0.2) is 0 Å². The highest BCUT2D eigenvalue weighted by Gasteiger charge is 2.53. The summed E-state index contributed by atoms with van der Waals surface area (Å²) in [6.07, 6.45) is 7.83. The van der Waals surface area contributed by atoms with E-state index < -0.39 is 0 Å². The molecular formula is C12H20. The van der Waals surface area contributed by atoms with E-state index in [0.29, 0.717) is 5.41 Å². The summed E-state index contributed by atoms with van der Waals surface area (Å²) in [6.45, 7) is 4.95. The molecule has 0 amide bonds. The molecule has 0 heteroatoms. The summed E-state index contributed by atoms with van der Waals surface area (Å²) in [7, 11) is 0. The van der Waals surface area contributed by atoms with Gasteiger partial charge in [-0.15, -0.1) is 0 Å². The van der Waals surface area contributed by atoms with E-state index in [9.17, 15) is 0 Å². The van der Waals surface area contributed by atoms with E-state index in [0.717, 1.165) is 23.7 Å². The Balaban J connectivity index is 1.87. The molecule has 3 rings (SSSR count). The molecule has 0 aliphatic heterocycles. The first-order valence-electron chi connectivity index (χ1n) is 5.66. The Hall–Kier alpha value is 0. The predicted octanol–water partition coefficient (Wildman–Crippen LogP) is 3.47. The zero-order valence-electron chi connectivity index (χ0n) is 8.34. The fourth-order valence-corrected chi connectivity index (χ4v) is 4.53. The van der Waals surface area contributed by atoms with E-state index in [1.165, 1.54) is 0 Å². The van der Waals surface area contributed by atoms with Crippen molar-refractivity contribution in [2.45, 2.75) is 46.0 Å². The third kappa shape index (κ3) is 0.843. The lowest BCUT2D eigenvalue weighted by atomic mass is 9.82. The Morgan fingerprint density at radius 3 is 1.92 bits per heavy atom. The van der Waals surface area contributed by atoms with Gasteiger partial charge in [-0.2, -0.15) is 0 Å². The lowest BCUT2D eigenvalue weighted by Crippen LogP contribution is -2.15. The molecule has 0 heterocycles. The normalized spacial score (nSPS) is 54.5. The van der Waals surface area contributed by atoms with Crippen molar-refractivity contribution in [1.82, 2.24) is 0 Å². The van der Waals surface area contributed by atoms with Crippen LogP contribution in [-0.4, -0.2) is 0 Å².